The largest absolute Gasteiger partial charge is 0.323 e. The summed E-state index contributed by atoms with van der Waals surface area (Å²) < 4.78 is 1.10. The lowest BCUT2D eigenvalue weighted by molar-refractivity contribution is 0.462. The highest BCUT2D eigenvalue weighted by Gasteiger charge is 2.27. The van der Waals surface area contributed by atoms with Crippen LogP contribution in [-0.4, -0.2) is 4.98 Å². The second-order valence-electron chi connectivity index (χ2n) is 5.63. The molecule has 0 bridgehead atoms. The van der Waals surface area contributed by atoms with Crippen LogP contribution in [0.4, 0.5) is 0 Å². The molecule has 1 aliphatic rings. The van der Waals surface area contributed by atoms with Gasteiger partial charge in [-0.05, 0) is 61.1 Å². The first-order valence-corrected chi connectivity index (χ1v) is 7.91. The summed E-state index contributed by atoms with van der Waals surface area (Å²) in [6.45, 7) is 2.11. The van der Waals surface area contributed by atoms with Crippen molar-refractivity contribution in [3.8, 4) is 0 Å². The zero-order valence-corrected chi connectivity index (χ0v) is 13.2. The molecular weight excluding hydrogens is 312 g/mol. The Hall–Kier alpha value is -1.19. The zero-order chi connectivity index (χ0) is 14.1. The van der Waals surface area contributed by atoms with Crippen molar-refractivity contribution in [3.05, 3.63) is 63.4 Å². The lowest BCUT2D eigenvalue weighted by atomic mass is 9.80. The van der Waals surface area contributed by atoms with Crippen molar-refractivity contribution < 1.29 is 0 Å². The summed E-state index contributed by atoms with van der Waals surface area (Å²) in [5.74, 6) is 0.327. The van der Waals surface area contributed by atoms with Crippen molar-refractivity contribution in [3.63, 3.8) is 0 Å². The van der Waals surface area contributed by atoms with Crippen LogP contribution in [0.15, 0.2) is 41.0 Å². The molecule has 0 saturated carbocycles. The standard InChI is InChI=1S/C17H19BrN2/c1-11-8-13(10-14(18)9-11)16(19)15-6-2-4-12-5-3-7-20-17(12)15/h3,5,7-10,15-16H,2,4,6,19H2,1H3. The first-order valence-electron chi connectivity index (χ1n) is 7.11. The van der Waals surface area contributed by atoms with E-state index in [1.165, 1.54) is 28.8 Å². The van der Waals surface area contributed by atoms with E-state index in [9.17, 15) is 0 Å². The number of nitrogens with two attached hydrogens (primary N) is 1. The van der Waals surface area contributed by atoms with Gasteiger partial charge in [0.2, 0.25) is 0 Å². The Labute approximate surface area is 128 Å². The second-order valence-corrected chi connectivity index (χ2v) is 6.55. The van der Waals surface area contributed by atoms with Crippen LogP contribution in [-0.2, 0) is 6.42 Å². The number of hydrogen-bond acceptors (Lipinski definition) is 2. The number of nitrogens with zero attached hydrogens (tertiary/aromatic N) is 1. The molecule has 20 heavy (non-hydrogen) atoms. The van der Waals surface area contributed by atoms with Gasteiger partial charge in [-0.1, -0.05) is 28.1 Å². The van der Waals surface area contributed by atoms with Crippen molar-refractivity contribution >= 4 is 15.9 Å². The number of hydrogen-bond donors (Lipinski definition) is 1. The molecule has 2 N–H and O–H groups in total. The summed E-state index contributed by atoms with van der Waals surface area (Å²) in [4.78, 5) is 4.60. The van der Waals surface area contributed by atoms with Crippen molar-refractivity contribution in [1.82, 2.24) is 4.98 Å². The van der Waals surface area contributed by atoms with Gasteiger partial charge >= 0.3 is 0 Å². The van der Waals surface area contributed by atoms with Gasteiger partial charge in [0, 0.05) is 28.3 Å². The highest BCUT2D eigenvalue weighted by atomic mass is 79.9. The average molecular weight is 331 g/mol. The topological polar surface area (TPSA) is 38.9 Å². The molecule has 0 spiro atoms. The van der Waals surface area contributed by atoms with E-state index in [1.54, 1.807) is 0 Å². The average Bonchev–Trinajstić information content (AvgIpc) is 2.45. The monoisotopic (exact) mass is 330 g/mol. The third-order valence-electron chi connectivity index (χ3n) is 4.12. The maximum Gasteiger partial charge on any atom is 0.0485 e. The highest BCUT2D eigenvalue weighted by molar-refractivity contribution is 9.10. The SMILES string of the molecule is Cc1cc(Br)cc(C(N)C2CCCc3cccnc32)c1. The summed E-state index contributed by atoms with van der Waals surface area (Å²) >= 11 is 3.57. The van der Waals surface area contributed by atoms with E-state index < -0.39 is 0 Å². The van der Waals surface area contributed by atoms with Crippen LogP contribution < -0.4 is 5.73 Å². The summed E-state index contributed by atoms with van der Waals surface area (Å²) in [6, 6.07) is 10.7. The maximum absolute atomic E-state index is 6.56. The van der Waals surface area contributed by atoms with Crippen molar-refractivity contribution in [2.24, 2.45) is 5.73 Å². The summed E-state index contributed by atoms with van der Waals surface area (Å²) in [5, 5.41) is 0. The molecule has 1 heterocycles. The molecule has 104 valence electrons. The van der Waals surface area contributed by atoms with Crippen LogP contribution in [0, 0.1) is 6.92 Å². The maximum atomic E-state index is 6.56. The van der Waals surface area contributed by atoms with Crippen LogP contribution in [0.1, 0.15) is 47.2 Å². The lowest BCUT2D eigenvalue weighted by Gasteiger charge is -2.29. The zero-order valence-electron chi connectivity index (χ0n) is 11.6. The molecule has 2 aromatic rings. The molecule has 2 unspecified atom stereocenters. The second kappa shape index (κ2) is 5.66. The first kappa shape index (κ1) is 13.8. The van der Waals surface area contributed by atoms with Gasteiger partial charge in [-0.15, -0.1) is 0 Å². The Kier molecular flexibility index (Phi) is 3.90. The Morgan fingerprint density at radius 1 is 1.35 bits per heavy atom. The quantitative estimate of drug-likeness (QED) is 0.892. The number of benzene rings is 1. The molecule has 0 aliphatic heterocycles. The molecule has 0 saturated heterocycles. The predicted molar refractivity (Wildman–Crippen MR) is 85.7 cm³/mol. The Bertz CT molecular complexity index is 604. The molecule has 0 amide bonds. The third-order valence-corrected chi connectivity index (χ3v) is 4.58. The predicted octanol–water partition coefficient (Wildman–Crippen LogP) is 4.27. The molecule has 2 nitrogen and oxygen atoms in total. The van der Waals surface area contributed by atoms with Crippen LogP contribution in [0.3, 0.4) is 0 Å². The van der Waals surface area contributed by atoms with Gasteiger partial charge in [-0.25, -0.2) is 0 Å². The Balaban J connectivity index is 1.97. The van der Waals surface area contributed by atoms with Crippen molar-refractivity contribution in [2.45, 2.75) is 38.1 Å². The number of pyridine rings is 1. The summed E-state index contributed by atoms with van der Waals surface area (Å²) in [7, 11) is 0. The molecule has 1 aromatic carbocycles. The lowest BCUT2D eigenvalue weighted by Crippen LogP contribution is -2.24. The van der Waals surface area contributed by atoms with E-state index >= 15 is 0 Å². The number of halogens is 1. The van der Waals surface area contributed by atoms with Crippen LogP contribution in [0.25, 0.3) is 0 Å². The molecule has 0 radical (unpaired) electrons. The molecule has 0 fully saturated rings. The fourth-order valence-corrected chi connectivity index (χ4v) is 3.81. The van der Waals surface area contributed by atoms with Gasteiger partial charge < -0.3 is 5.73 Å². The van der Waals surface area contributed by atoms with E-state index in [0.29, 0.717) is 5.92 Å². The normalized spacial score (nSPS) is 19.4. The van der Waals surface area contributed by atoms with Crippen LogP contribution in [0.2, 0.25) is 0 Å². The van der Waals surface area contributed by atoms with Crippen LogP contribution >= 0.6 is 15.9 Å². The number of aryl methyl sites for hydroxylation is 2. The number of aromatic nitrogens is 1. The van der Waals surface area contributed by atoms with E-state index in [-0.39, 0.29) is 6.04 Å². The fraction of sp³-hybridized carbons (Fsp3) is 0.353. The van der Waals surface area contributed by atoms with Gasteiger partial charge in [0.1, 0.15) is 0 Å². The summed E-state index contributed by atoms with van der Waals surface area (Å²) in [5.41, 5.74) is 11.6. The molecule has 2 atom stereocenters. The van der Waals surface area contributed by atoms with E-state index in [1.807, 2.05) is 12.3 Å². The molecule has 1 aromatic heterocycles. The number of fused-ring (bicyclic) bond motifs is 1. The molecular formula is C17H19BrN2. The third kappa shape index (κ3) is 2.65. The van der Waals surface area contributed by atoms with Gasteiger partial charge in [0.05, 0.1) is 0 Å². The van der Waals surface area contributed by atoms with Gasteiger partial charge in [0.15, 0.2) is 0 Å². The Morgan fingerprint density at radius 2 is 2.20 bits per heavy atom. The summed E-state index contributed by atoms with van der Waals surface area (Å²) in [6.07, 6.45) is 5.33. The van der Waals surface area contributed by atoms with Gasteiger partial charge in [-0.2, -0.15) is 0 Å². The first-order chi connectivity index (χ1) is 9.65. The molecule has 1 aliphatic carbocycles. The minimum atomic E-state index is 0.0140. The number of rotatable bonds is 2. The van der Waals surface area contributed by atoms with Crippen molar-refractivity contribution in [2.75, 3.05) is 0 Å². The Morgan fingerprint density at radius 3 is 3.00 bits per heavy atom. The van der Waals surface area contributed by atoms with Gasteiger partial charge in [0.25, 0.3) is 0 Å². The van der Waals surface area contributed by atoms with E-state index in [2.05, 4.69) is 52.1 Å². The molecule has 3 rings (SSSR count). The van der Waals surface area contributed by atoms with Crippen LogP contribution in [0.5, 0.6) is 0 Å². The minimum absolute atomic E-state index is 0.0140. The van der Waals surface area contributed by atoms with Crippen molar-refractivity contribution in [1.29, 1.82) is 0 Å². The minimum Gasteiger partial charge on any atom is -0.323 e. The smallest absolute Gasteiger partial charge is 0.0485 e. The van der Waals surface area contributed by atoms with E-state index in [0.717, 1.165) is 17.3 Å². The van der Waals surface area contributed by atoms with E-state index in [4.69, 9.17) is 5.73 Å². The molecule has 3 heteroatoms. The fourth-order valence-electron chi connectivity index (χ4n) is 3.18. The van der Waals surface area contributed by atoms with Gasteiger partial charge in [-0.3, -0.25) is 4.98 Å². The highest BCUT2D eigenvalue weighted by Crippen LogP contribution is 2.38.